The van der Waals surface area contributed by atoms with E-state index in [1.807, 2.05) is 0 Å². The lowest BCUT2D eigenvalue weighted by Crippen LogP contribution is -2.30. The maximum atomic E-state index is 13.8. The van der Waals surface area contributed by atoms with Gasteiger partial charge in [-0.2, -0.15) is 0 Å². The summed E-state index contributed by atoms with van der Waals surface area (Å²) in [5, 5.41) is 2.44. The number of hydrogen-bond acceptors (Lipinski definition) is 4. The average Bonchev–Trinajstić information content (AvgIpc) is 2.88. The third kappa shape index (κ3) is 6.25. The lowest BCUT2D eigenvalue weighted by molar-refractivity contribution is 0.0980. The minimum atomic E-state index is -3.05. The molecule has 0 spiro atoms. The minimum Gasteiger partial charge on any atom is -0.322 e. The molecular formula is C28H19F2N3O3S. The Morgan fingerprint density at radius 2 is 1.46 bits per heavy atom. The van der Waals surface area contributed by atoms with Crippen LogP contribution in [0.15, 0.2) is 96.2 Å². The molecule has 6 nitrogen and oxygen atoms in total. The van der Waals surface area contributed by atoms with Gasteiger partial charge in [0.05, 0.1) is 15.3 Å². The zero-order chi connectivity index (χ0) is 26.4. The molecule has 0 aliphatic carbocycles. The van der Waals surface area contributed by atoms with Crippen molar-refractivity contribution in [2.24, 2.45) is 0 Å². The highest BCUT2D eigenvalue weighted by atomic mass is 32.2. The molecule has 9 heteroatoms. The Morgan fingerprint density at radius 1 is 0.811 bits per heavy atom. The van der Waals surface area contributed by atoms with Crippen molar-refractivity contribution in [1.82, 2.24) is 9.71 Å². The van der Waals surface area contributed by atoms with Crippen molar-refractivity contribution >= 4 is 33.1 Å². The molecular weight excluding hydrogens is 496 g/mol. The Balaban J connectivity index is 1.44. The molecule has 0 aliphatic heterocycles. The number of carbonyl (C=O) groups excluding carboxylic acids is 2. The number of halogens is 2. The van der Waals surface area contributed by atoms with Gasteiger partial charge in [-0.1, -0.05) is 36.1 Å². The number of rotatable bonds is 5. The zero-order valence-corrected chi connectivity index (χ0v) is 20.0. The molecule has 4 rings (SSSR count). The number of amides is 2. The maximum absolute atomic E-state index is 13.8. The van der Waals surface area contributed by atoms with Crippen LogP contribution < -0.4 is 10.0 Å². The van der Waals surface area contributed by atoms with Gasteiger partial charge < -0.3 is 5.32 Å². The summed E-state index contributed by atoms with van der Waals surface area (Å²) in [6.07, 6.45) is 2.80. The van der Waals surface area contributed by atoms with Gasteiger partial charge in [0.25, 0.3) is 11.8 Å². The van der Waals surface area contributed by atoms with Crippen molar-refractivity contribution in [2.45, 2.75) is 4.90 Å². The Bertz CT molecular complexity index is 1620. The van der Waals surface area contributed by atoms with Crippen molar-refractivity contribution in [1.29, 1.82) is 0 Å². The smallest absolute Gasteiger partial charge is 0.264 e. The lowest BCUT2D eigenvalue weighted by atomic mass is 10.1. The first-order valence-electron chi connectivity index (χ1n) is 10.8. The first-order chi connectivity index (χ1) is 17.7. The van der Waals surface area contributed by atoms with E-state index in [2.05, 4.69) is 32.7 Å². The predicted octanol–water partition coefficient (Wildman–Crippen LogP) is 4.43. The fraction of sp³-hybridized carbons (Fsp3) is 0. The summed E-state index contributed by atoms with van der Waals surface area (Å²) < 4.78 is 42.9. The van der Waals surface area contributed by atoms with E-state index in [1.54, 1.807) is 42.5 Å². The summed E-state index contributed by atoms with van der Waals surface area (Å²) in [4.78, 5) is 29.3. The molecule has 1 atom stereocenters. The molecule has 0 bridgehead atoms. The highest BCUT2D eigenvalue weighted by molar-refractivity contribution is 7.99. The quantitative estimate of drug-likeness (QED) is 0.304. The molecule has 1 unspecified atom stereocenters. The SMILES string of the molecule is C=S(=O)(NC(=O)c1cncc(C#Cc2ccc(NC(=O)c3c(F)cccc3F)cc2)c1)c1ccccc1. The Morgan fingerprint density at radius 3 is 2.14 bits per heavy atom. The van der Waals surface area contributed by atoms with Crippen LogP contribution in [0.25, 0.3) is 0 Å². The fourth-order valence-corrected chi connectivity index (χ4v) is 4.36. The van der Waals surface area contributed by atoms with Gasteiger partial charge in [0.1, 0.15) is 17.2 Å². The van der Waals surface area contributed by atoms with Gasteiger partial charge in [-0.25, -0.2) is 13.0 Å². The molecule has 0 radical (unpaired) electrons. The molecule has 0 saturated heterocycles. The van der Waals surface area contributed by atoms with Crippen molar-refractivity contribution in [3.63, 3.8) is 0 Å². The summed E-state index contributed by atoms with van der Waals surface area (Å²) in [6, 6.07) is 19.4. The van der Waals surface area contributed by atoms with E-state index < -0.39 is 38.7 Å². The first kappa shape index (κ1) is 25.3. The second-order valence-electron chi connectivity index (χ2n) is 7.76. The molecule has 1 heterocycles. The standard InChI is InChI=1S/C28H19F2N3O3S/c1-37(36,23-6-3-2-4-7-23)33-27(34)21-16-20(17-31-18-21)11-10-19-12-14-22(15-13-19)32-28(35)26-24(29)8-5-9-25(26)30/h2-9,12-18H,1H2,(H,32,35)(H,33,34,36). The molecule has 0 fully saturated rings. The third-order valence-corrected chi connectivity index (χ3v) is 6.61. The van der Waals surface area contributed by atoms with E-state index in [0.717, 1.165) is 12.1 Å². The Labute approximate surface area is 212 Å². The minimum absolute atomic E-state index is 0.164. The van der Waals surface area contributed by atoms with Crippen LogP contribution in [-0.4, -0.2) is 26.9 Å². The van der Waals surface area contributed by atoms with E-state index in [4.69, 9.17) is 0 Å². The average molecular weight is 516 g/mol. The van der Waals surface area contributed by atoms with E-state index in [9.17, 15) is 22.6 Å². The van der Waals surface area contributed by atoms with Crippen LogP contribution in [0.5, 0.6) is 0 Å². The number of pyridine rings is 1. The summed E-state index contributed by atoms with van der Waals surface area (Å²) in [5.41, 5.74) is 0.845. The molecule has 2 amide bonds. The van der Waals surface area contributed by atoms with Gasteiger partial charge in [0.2, 0.25) is 0 Å². The van der Waals surface area contributed by atoms with Crippen LogP contribution in [0.4, 0.5) is 14.5 Å². The van der Waals surface area contributed by atoms with Gasteiger partial charge in [-0.15, -0.1) is 0 Å². The molecule has 2 N–H and O–H groups in total. The predicted molar refractivity (Wildman–Crippen MR) is 138 cm³/mol. The largest absolute Gasteiger partial charge is 0.322 e. The molecule has 3 aromatic carbocycles. The van der Waals surface area contributed by atoms with Crippen molar-refractivity contribution in [3.05, 3.63) is 125 Å². The summed E-state index contributed by atoms with van der Waals surface area (Å²) >= 11 is 0. The van der Waals surface area contributed by atoms with Gasteiger partial charge in [0, 0.05) is 34.1 Å². The van der Waals surface area contributed by atoms with E-state index >= 15 is 0 Å². The van der Waals surface area contributed by atoms with Crippen LogP contribution in [0.2, 0.25) is 0 Å². The second kappa shape index (κ2) is 10.8. The van der Waals surface area contributed by atoms with Crippen LogP contribution in [0, 0.1) is 23.5 Å². The van der Waals surface area contributed by atoms with Crippen molar-refractivity contribution in [3.8, 4) is 11.8 Å². The highest BCUT2D eigenvalue weighted by Crippen LogP contribution is 2.16. The number of aromatic nitrogens is 1. The Hall–Kier alpha value is -4.81. The first-order valence-corrected chi connectivity index (χ1v) is 12.5. The van der Waals surface area contributed by atoms with Crippen molar-refractivity contribution in [2.75, 3.05) is 5.32 Å². The van der Waals surface area contributed by atoms with Gasteiger partial charge in [-0.05, 0) is 60.5 Å². The second-order valence-corrected chi connectivity index (χ2v) is 9.79. The number of anilines is 1. The highest BCUT2D eigenvalue weighted by Gasteiger charge is 2.17. The van der Waals surface area contributed by atoms with Gasteiger partial charge in [0.15, 0.2) is 0 Å². The number of carbonyl (C=O) groups is 2. The molecule has 37 heavy (non-hydrogen) atoms. The molecule has 0 saturated carbocycles. The summed E-state index contributed by atoms with van der Waals surface area (Å²) in [6.45, 7) is 0. The number of hydrogen-bond donors (Lipinski definition) is 2. The van der Waals surface area contributed by atoms with E-state index in [0.29, 0.717) is 21.7 Å². The molecule has 0 aliphatic rings. The molecule has 4 aromatic rings. The van der Waals surface area contributed by atoms with Crippen LogP contribution in [0.3, 0.4) is 0 Å². The van der Waals surface area contributed by atoms with Crippen LogP contribution in [-0.2, 0) is 9.71 Å². The summed E-state index contributed by atoms with van der Waals surface area (Å²) in [5.74, 6) is 6.01. The van der Waals surface area contributed by atoms with Gasteiger partial charge >= 0.3 is 0 Å². The normalized spacial score (nSPS) is 11.9. The number of benzene rings is 3. The fourth-order valence-electron chi connectivity index (χ4n) is 3.23. The van der Waals surface area contributed by atoms with Crippen LogP contribution in [0.1, 0.15) is 31.8 Å². The lowest BCUT2D eigenvalue weighted by Gasteiger charge is -2.11. The Kier molecular flexibility index (Phi) is 7.41. The molecule has 184 valence electrons. The third-order valence-electron chi connectivity index (χ3n) is 5.07. The number of nitrogens with one attached hydrogen (secondary N) is 2. The monoisotopic (exact) mass is 515 g/mol. The maximum Gasteiger partial charge on any atom is 0.264 e. The topological polar surface area (TPSA) is 88.2 Å². The summed E-state index contributed by atoms with van der Waals surface area (Å²) in [7, 11) is -3.05. The van der Waals surface area contributed by atoms with Crippen molar-refractivity contribution < 1.29 is 22.6 Å². The number of nitrogens with zero attached hydrogens (tertiary/aromatic N) is 1. The molecule has 1 aromatic heterocycles. The van der Waals surface area contributed by atoms with E-state index in [-0.39, 0.29) is 5.56 Å². The zero-order valence-electron chi connectivity index (χ0n) is 19.2. The van der Waals surface area contributed by atoms with E-state index in [1.165, 1.54) is 36.7 Å². The van der Waals surface area contributed by atoms with Gasteiger partial charge in [-0.3, -0.25) is 19.3 Å². The van der Waals surface area contributed by atoms with Crippen LogP contribution >= 0.6 is 0 Å².